The molecular formula is C21H21Cl3F4N2O2. The van der Waals surface area contributed by atoms with Gasteiger partial charge in [-0.15, -0.1) is 0 Å². The smallest absolute Gasteiger partial charge is 0.416 e. The summed E-state index contributed by atoms with van der Waals surface area (Å²) >= 11 is 16.9. The molecule has 0 radical (unpaired) electrons. The number of benzene rings is 1. The van der Waals surface area contributed by atoms with E-state index in [0.717, 1.165) is 17.0 Å². The number of halogens is 7. The summed E-state index contributed by atoms with van der Waals surface area (Å²) in [5.74, 6) is -1.28. The number of carbonyl (C=O) groups is 1. The number of alkyl halides is 6. The average molecular weight is 516 g/mol. The SMILES string of the molecule is CC(C)c1c(N(C(=O)OCC(Cl)(Cl)Cl)C(C)C)cnc(-c2cccc(C(F)(F)F)c2)c1F. The van der Waals surface area contributed by atoms with Crippen molar-refractivity contribution in [3.05, 3.63) is 47.4 Å². The Labute approximate surface area is 198 Å². The predicted octanol–water partition coefficient (Wildman–Crippen LogP) is 7.75. The highest BCUT2D eigenvalue weighted by atomic mass is 35.6. The van der Waals surface area contributed by atoms with Crippen molar-refractivity contribution in [2.45, 2.75) is 49.6 Å². The Balaban J connectivity index is 2.59. The Hall–Kier alpha value is -1.77. The first kappa shape index (κ1) is 26.5. The monoisotopic (exact) mass is 514 g/mol. The van der Waals surface area contributed by atoms with Gasteiger partial charge in [0, 0.05) is 17.2 Å². The van der Waals surface area contributed by atoms with Crippen molar-refractivity contribution in [1.29, 1.82) is 0 Å². The van der Waals surface area contributed by atoms with Gasteiger partial charge in [0.15, 0.2) is 5.82 Å². The van der Waals surface area contributed by atoms with Crippen LogP contribution < -0.4 is 4.90 Å². The normalized spacial score (nSPS) is 12.4. The largest absolute Gasteiger partial charge is 0.445 e. The lowest BCUT2D eigenvalue weighted by Crippen LogP contribution is -2.39. The lowest BCUT2D eigenvalue weighted by atomic mass is 9.97. The minimum atomic E-state index is -4.59. The van der Waals surface area contributed by atoms with Crippen molar-refractivity contribution in [1.82, 2.24) is 4.98 Å². The van der Waals surface area contributed by atoms with Gasteiger partial charge in [-0.25, -0.2) is 9.18 Å². The number of carbonyl (C=O) groups excluding carboxylic acids is 1. The minimum Gasteiger partial charge on any atom is -0.445 e. The molecule has 0 N–H and O–H groups in total. The number of pyridine rings is 1. The first-order chi connectivity index (χ1) is 14.6. The lowest BCUT2D eigenvalue weighted by Gasteiger charge is -2.30. The van der Waals surface area contributed by atoms with E-state index in [1.165, 1.54) is 18.3 Å². The highest BCUT2D eigenvalue weighted by molar-refractivity contribution is 6.67. The number of rotatable bonds is 5. The van der Waals surface area contributed by atoms with Gasteiger partial charge in [-0.1, -0.05) is 60.8 Å². The third kappa shape index (κ3) is 6.39. The highest BCUT2D eigenvalue weighted by Crippen LogP contribution is 2.37. The Morgan fingerprint density at radius 2 is 1.78 bits per heavy atom. The molecule has 32 heavy (non-hydrogen) atoms. The minimum absolute atomic E-state index is 0.0411. The Bertz CT molecular complexity index is 976. The van der Waals surface area contributed by atoms with Crippen molar-refractivity contribution >= 4 is 46.6 Å². The lowest BCUT2D eigenvalue weighted by molar-refractivity contribution is -0.137. The molecule has 0 unspecified atom stereocenters. The fourth-order valence-electron chi connectivity index (χ4n) is 3.08. The van der Waals surface area contributed by atoms with Crippen molar-refractivity contribution in [2.75, 3.05) is 11.5 Å². The van der Waals surface area contributed by atoms with E-state index in [4.69, 9.17) is 39.5 Å². The predicted molar refractivity (Wildman–Crippen MR) is 118 cm³/mol. The molecule has 1 aromatic carbocycles. The van der Waals surface area contributed by atoms with Gasteiger partial charge in [0.25, 0.3) is 0 Å². The molecule has 1 heterocycles. The summed E-state index contributed by atoms with van der Waals surface area (Å²) in [6.45, 7) is 6.17. The summed E-state index contributed by atoms with van der Waals surface area (Å²) < 4.78 is 58.1. The fraction of sp³-hybridized carbons (Fsp3) is 0.429. The second-order valence-electron chi connectivity index (χ2n) is 7.59. The number of nitrogens with zero attached hydrogens (tertiary/aromatic N) is 2. The average Bonchev–Trinajstić information content (AvgIpc) is 2.65. The molecule has 1 amide bonds. The summed E-state index contributed by atoms with van der Waals surface area (Å²) in [6, 6.07) is 3.73. The van der Waals surface area contributed by atoms with Crippen LogP contribution in [-0.2, 0) is 10.9 Å². The molecule has 4 nitrogen and oxygen atoms in total. The van der Waals surface area contributed by atoms with Crippen LogP contribution in [0.15, 0.2) is 30.5 Å². The quantitative estimate of drug-likeness (QED) is 0.302. The molecule has 0 saturated carbocycles. The van der Waals surface area contributed by atoms with Crippen LogP contribution in [0.3, 0.4) is 0 Å². The van der Waals surface area contributed by atoms with Gasteiger partial charge >= 0.3 is 12.3 Å². The zero-order chi connectivity index (χ0) is 24.4. The molecule has 0 aliphatic rings. The van der Waals surface area contributed by atoms with E-state index in [0.29, 0.717) is 0 Å². The number of aromatic nitrogens is 1. The van der Waals surface area contributed by atoms with Crippen LogP contribution >= 0.6 is 34.8 Å². The van der Waals surface area contributed by atoms with Gasteiger partial charge in [0.05, 0.1) is 17.4 Å². The number of hydrogen-bond acceptors (Lipinski definition) is 3. The summed E-state index contributed by atoms with van der Waals surface area (Å²) in [4.78, 5) is 17.9. The van der Waals surface area contributed by atoms with E-state index in [-0.39, 0.29) is 22.5 Å². The van der Waals surface area contributed by atoms with Crippen LogP contribution in [0.2, 0.25) is 0 Å². The molecule has 2 rings (SSSR count). The van der Waals surface area contributed by atoms with Gasteiger partial charge in [-0.05, 0) is 31.9 Å². The molecule has 176 valence electrons. The van der Waals surface area contributed by atoms with Crippen LogP contribution in [0, 0.1) is 5.82 Å². The highest BCUT2D eigenvalue weighted by Gasteiger charge is 2.33. The van der Waals surface area contributed by atoms with Gasteiger partial charge in [-0.2, -0.15) is 13.2 Å². The van der Waals surface area contributed by atoms with Crippen LogP contribution in [0.25, 0.3) is 11.3 Å². The van der Waals surface area contributed by atoms with Gasteiger partial charge in [0.2, 0.25) is 3.79 Å². The van der Waals surface area contributed by atoms with Crippen LogP contribution in [0.1, 0.15) is 44.7 Å². The Morgan fingerprint density at radius 1 is 1.16 bits per heavy atom. The number of ether oxygens (including phenoxy) is 1. The van der Waals surface area contributed by atoms with E-state index in [1.54, 1.807) is 27.7 Å². The van der Waals surface area contributed by atoms with E-state index in [1.807, 2.05) is 0 Å². The molecule has 0 aliphatic heterocycles. The van der Waals surface area contributed by atoms with Crippen molar-refractivity contribution < 1.29 is 27.1 Å². The van der Waals surface area contributed by atoms with Crippen LogP contribution in [0.4, 0.5) is 28.0 Å². The molecular weight excluding hydrogens is 495 g/mol. The molecule has 0 atom stereocenters. The number of anilines is 1. The maximum atomic E-state index is 15.6. The van der Waals surface area contributed by atoms with Crippen molar-refractivity contribution in [3.63, 3.8) is 0 Å². The second kappa shape index (κ2) is 10.0. The molecule has 0 saturated heterocycles. The third-order valence-electron chi connectivity index (χ3n) is 4.41. The van der Waals surface area contributed by atoms with E-state index >= 15 is 4.39 Å². The van der Waals surface area contributed by atoms with Crippen molar-refractivity contribution in [3.8, 4) is 11.3 Å². The van der Waals surface area contributed by atoms with Gasteiger partial charge in [0.1, 0.15) is 12.3 Å². The molecule has 0 spiro atoms. The number of amides is 1. The number of hydrogen-bond donors (Lipinski definition) is 0. The molecule has 0 fully saturated rings. The summed E-state index contributed by atoms with van der Waals surface area (Å²) in [5.41, 5.74) is -1.03. The van der Waals surface area contributed by atoms with Crippen LogP contribution in [-0.4, -0.2) is 27.5 Å². The molecule has 1 aromatic heterocycles. The fourth-order valence-corrected chi connectivity index (χ4v) is 3.24. The standard InChI is InChI=1S/C21H21Cl3F4N2O2/c1-11(2)16-15(30(12(3)4)19(31)32-10-20(22,23)24)9-29-18(17(16)25)13-6-5-7-14(8-13)21(26,27)28/h5-9,11-12H,10H2,1-4H3. The molecule has 11 heteroatoms. The zero-order valence-corrected chi connectivity index (χ0v) is 19.9. The maximum Gasteiger partial charge on any atom is 0.416 e. The Kier molecular flexibility index (Phi) is 8.29. The van der Waals surface area contributed by atoms with E-state index in [2.05, 4.69) is 4.98 Å². The molecule has 0 aliphatic carbocycles. The summed E-state index contributed by atoms with van der Waals surface area (Å²) in [6.07, 6.45) is -4.25. The maximum absolute atomic E-state index is 15.6. The first-order valence-electron chi connectivity index (χ1n) is 9.52. The van der Waals surface area contributed by atoms with Crippen LogP contribution in [0.5, 0.6) is 0 Å². The molecule has 0 bridgehead atoms. The summed E-state index contributed by atoms with van der Waals surface area (Å²) in [7, 11) is 0. The topological polar surface area (TPSA) is 42.4 Å². The molecule has 2 aromatic rings. The van der Waals surface area contributed by atoms with Gasteiger partial charge < -0.3 is 4.74 Å². The summed E-state index contributed by atoms with van der Waals surface area (Å²) in [5, 5.41) is 0. The zero-order valence-electron chi connectivity index (χ0n) is 17.6. The van der Waals surface area contributed by atoms with Gasteiger partial charge in [-0.3, -0.25) is 9.88 Å². The van der Waals surface area contributed by atoms with E-state index < -0.39 is 46.0 Å². The second-order valence-corrected chi connectivity index (χ2v) is 10.1. The third-order valence-corrected chi connectivity index (χ3v) is 4.74. The first-order valence-corrected chi connectivity index (χ1v) is 10.7. The Morgan fingerprint density at radius 3 is 2.28 bits per heavy atom. The van der Waals surface area contributed by atoms with E-state index in [9.17, 15) is 18.0 Å². The van der Waals surface area contributed by atoms with Crippen molar-refractivity contribution in [2.24, 2.45) is 0 Å².